The molecule has 0 fully saturated rings. The van der Waals surface area contributed by atoms with Gasteiger partial charge in [-0.15, -0.1) is 0 Å². The maximum absolute atomic E-state index is 11.8. The number of amides is 1. The van der Waals surface area contributed by atoms with Gasteiger partial charge in [0.2, 0.25) is 15.9 Å². The Kier molecular flexibility index (Phi) is 3.60. The third-order valence-electron chi connectivity index (χ3n) is 4.75. The summed E-state index contributed by atoms with van der Waals surface area (Å²) in [5, 5.41) is 14.7. The molecule has 1 amide bonds. The van der Waals surface area contributed by atoms with E-state index in [1.54, 1.807) is 6.07 Å². The largest absolute Gasteiger partial charge is 0.496 e. The van der Waals surface area contributed by atoms with Crippen molar-refractivity contribution in [3.8, 4) is 5.75 Å². The molecule has 9 heteroatoms. The first-order valence-electron chi connectivity index (χ1n) is 8.00. The van der Waals surface area contributed by atoms with E-state index in [0.29, 0.717) is 5.75 Å². The molecule has 2 aliphatic rings. The summed E-state index contributed by atoms with van der Waals surface area (Å²) >= 11 is 0. The van der Waals surface area contributed by atoms with Crippen LogP contribution in [0, 0.1) is 0 Å². The summed E-state index contributed by atoms with van der Waals surface area (Å²) in [5.74, 6) is 0.198. The van der Waals surface area contributed by atoms with Gasteiger partial charge in [0, 0.05) is 17.3 Å². The lowest BCUT2D eigenvalue weighted by Gasteiger charge is -2.17. The molecule has 0 saturated carbocycles. The Morgan fingerprint density at radius 1 is 1.04 bits per heavy atom. The molecular formula is C17H18N4O4S. The van der Waals surface area contributed by atoms with Crippen LogP contribution in [0.1, 0.15) is 30.1 Å². The number of hydrogen-bond acceptors (Lipinski definition) is 6. The lowest BCUT2D eigenvalue weighted by molar-refractivity contribution is -0.116. The molecule has 136 valence electrons. The molecule has 2 aliphatic heterocycles. The highest BCUT2D eigenvalue weighted by molar-refractivity contribution is 7.89. The molecule has 5 N–H and O–H groups in total. The van der Waals surface area contributed by atoms with Gasteiger partial charge in [0.05, 0.1) is 29.3 Å². The number of anilines is 3. The fourth-order valence-corrected chi connectivity index (χ4v) is 3.84. The SMILES string of the molecule is COc1cc(S(N)(=O)=O)ccc1C1Nc2cc3c(cc2N1)C(C)C(=O)N3. The average Bonchev–Trinajstić information content (AvgIpc) is 3.12. The number of fused-ring (bicyclic) bond motifs is 2. The van der Waals surface area contributed by atoms with Gasteiger partial charge in [-0.25, -0.2) is 13.6 Å². The second-order valence-electron chi connectivity index (χ2n) is 6.37. The second-order valence-corrected chi connectivity index (χ2v) is 7.93. The van der Waals surface area contributed by atoms with E-state index in [0.717, 1.165) is 28.2 Å². The third-order valence-corrected chi connectivity index (χ3v) is 5.66. The second kappa shape index (κ2) is 5.61. The number of nitrogens with one attached hydrogen (secondary N) is 3. The molecular weight excluding hydrogens is 356 g/mol. The van der Waals surface area contributed by atoms with E-state index in [2.05, 4.69) is 16.0 Å². The zero-order chi connectivity index (χ0) is 18.6. The monoisotopic (exact) mass is 374 g/mol. The topological polar surface area (TPSA) is 123 Å². The molecule has 0 aliphatic carbocycles. The molecule has 2 unspecified atom stereocenters. The average molecular weight is 374 g/mol. The van der Waals surface area contributed by atoms with E-state index < -0.39 is 10.0 Å². The Balaban J connectivity index is 1.68. The summed E-state index contributed by atoms with van der Waals surface area (Å²) in [6, 6.07) is 8.35. The van der Waals surface area contributed by atoms with Crippen molar-refractivity contribution in [2.45, 2.75) is 23.9 Å². The van der Waals surface area contributed by atoms with Gasteiger partial charge in [0.25, 0.3) is 0 Å². The lowest BCUT2D eigenvalue weighted by Crippen LogP contribution is -2.16. The summed E-state index contributed by atoms with van der Waals surface area (Å²) in [5.41, 5.74) is 4.21. The standard InChI is InChI=1S/C17H18N4O4S/c1-8-11-6-13-14(7-12(11)21-17(8)22)20-16(19-13)10-4-3-9(26(18,23)24)5-15(10)25-2/h3-8,16,19-20H,1-2H3,(H,21,22)(H2,18,23,24). The predicted molar refractivity (Wildman–Crippen MR) is 97.8 cm³/mol. The first-order valence-corrected chi connectivity index (χ1v) is 9.55. The van der Waals surface area contributed by atoms with E-state index in [-0.39, 0.29) is 22.9 Å². The van der Waals surface area contributed by atoms with E-state index in [9.17, 15) is 13.2 Å². The molecule has 4 rings (SSSR count). The van der Waals surface area contributed by atoms with E-state index in [4.69, 9.17) is 9.88 Å². The molecule has 2 atom stereocenters. The number of hydrogen-bond donors (Lipinski definition) is 4. The van der Waals surface area contributed by atoms with Gasteiger partial charge in [-0.1, -0.05) is 6.07 Å². The number of nitrogens with two attached hydrogens (primary N) is 1. The van der Waals surface area contributed by atoms with E-state index in [1.165, 1.54) is 19.2 Å². The fourth-order valence-electron chi connectivity index (χ4n) is 3.31. The number of ether oxygens (including phenoxy) is 1. The molecule has 2 aromatic carbocycles. The van der Waals surface area contributed by atoms with Crippen LogP contribution in [0.15, 0.2) is 35.2 Å². The Morgan fingerprint density at radius 3 is 2.38 bits per heavy atom. The lowest BCUT2D eigenvalue weighted by atomic mass is 10.0. The van der Waals surface area contributed by atoms with Crippen molar-refractivity contribution in [1.29, 1.82) is 0 Å². The van der Waals surface area contributed by atoms with Crippen molar-refractivity contribution < 1.29 is 17.9 Å². The van der Waals surface area contributed by atoms with Gasteiger partial charge in [-0.05, 0) is 30.7 Å². The van der Waals surface area contributed by atoms with E-state index in [1.807, 2.05) is 19.1 Å². The Hall–Kier alpha value is -2.78. The minimum Gasteiger partial charge on any atom is -0.496 e. The molecule has 8 nitrogen and oxygen atoms in total. The van der Waals surface area contributed by atoms with Crippen LogP contribution >= 0.6 is 0 Å². The molecule has 0 aromatic heterocycles. The first kappa shape index (κ1) is 16.7. The minimum absolute atomic E-state index is 0.0101. The van der Waals surface area contributed by atoms with Crippen LogP contribution in [-0.4, -0.2) is 21.4 Å². The van der Waals surface area contributed by atoms with Crippen LogP contribution in [0.3, 0.4) is 0 Å². The number of benzene rings is 2. The van der Waals surface area contributed by atoms with Gasteiger partial charge in [0.1, 0.15) is 11.9 Å². The van der Waals surface area contributed by atoms with Crippen molar-refractivity contribution in [1.82, 2.24) is 0 Å². The summed E-state index contributed by atoms with van der Waals surface area (Å²) < 4.78 is 28.4. The summed E-state index contributed by atoms with van der Waals surface area (Å²) in [7, 11) is -2.34. The molecule has 2 aromatic rings. The van der Waals surface area contributed by atoms with Crippen LogP contribution < -0.4 is 25.8 Å². The van der Waals surface area contributed by atoms with Gasteiger partial charge in [-0.3, -0.25) is 4.79 Å². The number of primary sulfonamides is 1. The molecule has 0 radical (unpaired) electrons. The van der Waals surface area contributed by atoms with E-state index >= 15 is 0 Å². The highest BCUT2D eigenvalue weighted by atomic mass is 32.2. The number of sulfonamides is 1. The maximum atomic E-state index is 11.8. The Bertz CT molecular complexity index is 1040. The quantitative estimate of drug-likeness (QED) is 0.651. The zero-order valence-electron chi connectivity index (χ0n) is 14.2. The number of carbonyl (C=O) groups is 1. The van der Waals surface area contributed by atoms with Crippen LogP contribution in [-0.2, 0) is 14.8 Å². The van der Waals surface area contributed by atoms with Gasteiger partial charge in [0.15, 0.2) is 0 Å². The van der Waals surface area contributed by atoms with Crippen molar-refractivity contribution in [2.24, 2.45) is 5.14 Å². The smallest absolute Gasteiger partial charge is 0.238 e. The van der Waals surface area contributed by atoms with Crippen LogP contribution in [0.5, 0.6) is 5.75 Å². The molecule has 26 heavy (non-hydrogen) atoms. The Morgan fingerprint density at radius 2 is 1.73 bits per heavy atom. The highest BCUT2D eigenvalue weighted by Crippen LogP contribution is 2.44. The number of rotatable bonds is 3. The fraction of sp³-hybridized carbons (Fsp3) is 0.235. The summed E-state index contributed by atoms with van der Waals surface area (Å²) in [4.78, 5) is 11.8. The predicted octanol–water partition coefficient (Wildman–Crippen LogP) is 1.93. The van der Waals surface area contributed by atoms with Crippen molar-refractivity contribution in [3.63, 3.8) is 0 Å². The van der Waals surface area contributed by atoms with Gasteiger partial charge < -0.3 is 20.7 Å². The minimum atomic E-state index is -3.81. The maximum Gasteiger partial charge on any atom is 0.238 e. The normalized spacial score (nSPS) is 20.7. The van der Waals surface area contributed by atoms with Crippen LogP contribution in [0.25, 0.3) is 0 Å². The Labute approximate surface area is 150 Å². The highest BCUT2D eigenvalue weighted by Gasteiger charge is 2.31. The number of carbonyl (C=O) groups excluding carboxylic acids is 1. The molecule has 0 saturated heterocycles. The van der Waals surface area contributed by atoms with Crippen molar-refractivity contribution in [2.75, 3.05) is 23.1 Å². The van der Waals surface area contributed by atoms with Gasteiger partial charge in [-0.2, -0.15) is 0 Å². The van der Waals surface area contributed by atoms with Crippen LogP contribution in [0.4, 0.5) is 17.1 Å². The van der Waals surface area contributed by atoms with Gasteiger partial charge >= 0.3 is 0 Å². The first-order chi connectivity index (χ1) is 12.3. The molecule has 2 heterocycles. The zero-order valence-corrected chi connectivity index (χ0v) is 15.0. The molecule has 0 bridgehead atoms. The summed E-state index contributed by atoms with van der Waals surface area (Å²) in [6.45, 7) is 1.86. The number of methoxy groups -OCH3 is 1. The van der Waals surface area contributed by atoms with Crippen molar-refractivity contribution >= 4 is 33.0 Å². The summed E-state index contributed by atoms with van der Waals surface area (Å²) in [6.07, 6.45) is -0.303. The van der Waals surface area contributed by atoms with Crippen molar-refractivity contribution in [3.05, 3.63) is 41.5 Å². The van der Waals surface area contributed by atoms with Crippen LogP contribution in [0.2, 0.25) is 0 Å². The third kappa shape index (κ3) is 2.56. The molecule has 0 spiro atoms.